The Bertz CT molecular complexity index is 2040. The topological polar surface area (TPSA) is 51.2 Å². The van der Waals surface area contributed by atoms with E-state index in [0.29, 0.717) is 0 Å². The van der Waals surface area contributed by atoms with Crippen LogP contribution < -0.4 is 19.1 Å². The van der Waals surface area contributed by atoms with Crippen LogP contribution in [0, 0.1) is 5.82 Å². The van der Waals surface area contributed by atoms with Gasteiger partial charge in [0.1, 0.15) is 23.1 Å². The van der Waals surface area contributed by atoms with Crippen LogP contribution in [0.4, 0.5) is 10.1 Å². The summed E-state index contributed by atoms with van der Waals surface area (Å²) in [5, 5.41) is 12.3. The fourth-order valence-electron chi connectivity index (χ4n) is 8.00. The summed E-state index contributed by atoms with van der Waals surface area (Å²) in [6.45, 7) is 6.09. The second-order valence-electron chi connectivity index (χ2n) is 13.4. The van der Waals surface area contributed by atoms with Gasteiger partial charge >= 0.3 is 0 Å². The van der Waals surface area contributed by atoms with E-state index in [-0.39, 0.29) is 17.3 Å². The highest BCUT2D eigenvalue weighted by atomic mass is 19.1. The highest BCUT2D eigenvalue weighted by molar-refractivity contribution is 6.10. The number of halogens is 1. The van der Waals surface area contributed by atoms with Crippen LogP contribution in [0.5, 0.6) is 17.2 Å². The second kappa shape index (κ2) is 10.9. The standard InChI is InChI=1S/C41H38FNO4/c1-40(2)34-8-6-5-7-30(34)37-32-23-35(43-21-18-28(44)19-22-43)36(46-4)24-33(32)39-31(38(37)40)17-20-41(47-39,25-9-13-27(42)14-10-25)26-11-15-29(45-3)16-12-26/h5-17,20,23-24,28,44H,18-19,21-22H2,1-4H3. The van der Waals surface area contributed by atoms with Crippen molar-refractivity contribution in [3.8, 4) is 28.4 Å². The van der Waals surface area contributed by atoms with Gasteiger partial charge in [0.25, 0.3) is 0 Å². The van der Waals surface area contributed by atoms with Gasteiger partial charge in [0.05, 0.1) is 26.0 Å². The minimum Gasteiger partial charge on any atom is -0.497 e. The molecule has 0 bridgehead atoms. The maximum absolute atomic E-state index is 14.3. The zero-order valence-electron chi connectivity index (χ0n) is 27.1. The first-order valence-electron chi connectivity index (χ1n) is 16.3. The number of anilines is 1. The summed E-state index contributed by atoms with van der Waals surface area (Å²) in [6.07, 6.45) is 5.47. The van der Waals surface area contributed by atoms with E-state index in [1.807, 2.05) is 24.3 Å². The molecule has 0 aromatic heterocycles. The summed E-state index contributed by atoms with van der Waals surface area (Å²) in [5.41, 5.74) is 7.40. The van der Waals surface area contributed by atoms with Crippen molar-refractivity contribution in [2.75, 3.05) is 32.2 Å². The van der Waals surface area contributed by atoms with E-state index in [1.54, 1.807) is 26.4 Å². The van der Waals surface area contributed by atoms with Crippen LogP contribution in [0.15, 0.2) is 91.0 Å². The Morgan fingerprint density at radius 2 is 1.53 bits per heavy atom. The third-order valence-electron chi connectivity index (χ3n) is 10.4. The van der Waals surface area contributed by atoms with Gasteiger partial charge in [-0.2, -0.15) is 0 Å². The first-order valence-corrected chi connectivity index (χ1v) is 16.3. The molecule has 5 nitrogen and oxygen atoms in total. The quantitative estimate of drug-likeness (QED) is 0.212. The molecule has 2 heterocycles. The maximum atomic E-state index is 14.3. The van der Waals surface area contributed by atoms with Crippen molar-refractivity contribution >= 4 is 22.5 Å². The van der Waals surface area contributed by atoms with Crippen molar-refractivity contribution < 1.29 is 23.7 Å². The molecule has 0 amide bonds. The predicted molar refractivity (Wildman–Crippen MR) is 185 cm³/mol. The number of benzene rings is 5. The van der Waals surface area contributed by atoms with Gasteiger partial charge < -0.3 is 24.2 Å². The SMILES string of the molecule is COc1ccc(C2(c3ccc(F)cc3)C=Cc3c4c(c5cc(N6CCC(O)CC6)c(OC)cc5c3O2)-c2ccccc2C4(C)C)cc1. The zero-order valence-corrected chi connectivity index (χ0v) is 27.1. The number of fused-ring (bicyclic) bond motifs is 8. The summed E-state index contributed by atoms with van der Waals surface area (Å²) in [6, 6.07) is 27.5. The number of piperidine rings is 1. The van der Waals surface area contributed by atoms with Gasteiger partial charge in [-0.1, -0.05) is 68.5 Å². The molecule has 1 atom stereocenters. The minimum atomic E-state index is -1.03. The molecule has 3 aliphatic rings. The molecule has 238 valence electrons. The lowest BCUT2D eigenvalue weighted by Gasteiger charge is -2.39. The fourth-order valence-corrected chi connectivity index (χ4v) is 8.00. The van der Waals surface area contributed by atoms with Gasteiger partial charge in [-0.15, -0.1) is 0 Å². The summed E-state index contributed by atoms with van der Waals surface area (Å²) in [4.78, 5) is 2.32. The van der Waals surface area contributed by atoms with E-state index < -0.39 is 5.60 Å². The monoisotopic (exact) mass is 627 g/mol. The molecule has 5 aromatic carbocycles. The molecule has 6 heteroatoms. The van der Waals surface area contributed by atoms with Crippen LogP contribution in [0.25, 0.3) is 28.0 Å². The number of aliphatic hydroxyl groups is 1. The Hall–Kier alpha value is -4.81. The minimum absolute atomic E-state index is 0.278. The van der Waals surface area contributed by atoms with Gasteiger partial charge in [0.2, 0.25) is 0 Å². The molecule has 8 rings (SSSR count). The van der Waals surface area contributed by atoms with E-state index in [2.05, 4.69) is 67.3 Å². The molecular weight excluding hydrogens is 589 g/mol. The summed E-state index contributed by atoms with van der Waals surface area (Å²) in [7, 11) is 3.36. The van der Waals surface area contributed by atoms with Crippen LogP contribution >= 0.6 is 0 Å². The van der Waals surface area contributed by atoms with Gasteiger partial charge in [-0.3, -0.25) is 0 Å². The van der Waals surface area contributed by atoms with Crippen LogP contribution in [0.2, 0.25) is 0 Å². The molecule has 1 aliphatic carbocycles. The van der Waals surface area contributed by atoms with Gasteiger partial charge in [-0.05, 0) is 83.0 Å². The lowest BCUT2D eigenvalue weighted by atomic mass is 9.76. The number of methoxy groups -OCH3 is 2. The number of ether oxygens (including phenoxy) is 3. The van der Waals surface area contributed by atoms with Crippen LogP contribution in [0.3, 0.4) is 0 Å². The van der Waals surface area contributed by atoms with E-state index in [4.69, 9.17) is 14.2 Å². The Kier molecular flexibility index (Phi) is 6.85. The number of rotatable bonds is 5. The molecule has 1 N–H and O–H groups in total. The lowest BCUT2D eigenvalue weighted by Crippen LogP contribution is -2.36. The first kappa shape index (κ1) is 29.6. The Balaban J connectivity index is 1.43. The maximum Gasteiger partial charge on any atom is 0.178 e. The molecule has 1 unspecified atom stereocenters. The molecule has 2 aliphatic heterocycles. The van der Waals surface area contributed by atoms with Gasteiger partial charge in [-0.25, -0.2) is 4.39 Å². The molecule has 5 aromatic rings. The predicted octanol–water partition coefficient (Wildman–Crippen LogP) is 8.61. The average Bonchev–Trinajstić information content (AvgIpc) is 3.35. The molecular formula is C41H38FNO4. The number of nitrogens with zero attached hydrogens (tertiary/aromatic N) is 1. The number of hydrogen-bond acceptors (Lipinski definition) is 5. The molecule has 0 spiro atoms. The summed E-state index contributed by atoms with van der Waals surface area (Å²) in [5.74, 6) is 1.97. The Morgan fingerprint density at radius 1 is 0.851 bits per heavy atom. The van der Waals surface area contributed by atoms with Gasteiger partial charge in [0, 0.05) is 40.6 Å². The molecule has 1 saturated heterocycles. The van der Waals surface area contributed by atoms with Crippen molar-refractivity contribution in [1.82, 2.24) is 0 Å². The van der Waals surface area contributed by atoms with E-state index >= 15 is 0 Å². The van der Waals surface area contributed by atoms with Crippen molar-refractivity contribution in [3.63, 3.8) is 0 Å². The smallest absolute Gasteiger partial charge is 0.178 e. The summed E-state index contributed by atoms with van der Waals surface area (Å²) < 4.78 is 33.2. The molecule has 0 saturated carbocycles. The normalized spacial score (nSPS) is 19.6. The largest absolute Gasteiger partial charge is 0.497 e. The van der Waals surface area contributed by atoms with Crippen LogP contribution in [-0.2, 0) is 11.0 Å². The molecule has 1 fully saturated rings. The Morgan fingerprint density at radius 3 is 2.21 bits per heavy atom. The molecule has 47 heavy (non-hydrogen) atoms. The van der Waals surface area contributed by atoms with Crippen LogP contribution in [-0.4, -0.2) is 38.5 Å². The first-order chi connectivity index (χ1) is 22.7. The third-order valence-corrected chi connectivity index (χ3v) is 10.4. The average molecular weight is 628 g/mol. The fraction of sp³-hybridized carbons (Fsp3) is 0.268. The highest BCUT2D eigenvalue weighted by Gasteiger charge is 2.44. The van der Waals surface area contributed by atoms with Crippen molar-refractivity contribution in [3.05, 3.63) is 125 Å². The highest BCUT2D eigenvalue weighted by Crippen LogP contribution is 2.59. The molecule has 0 radical (unpaired) electrons. The van der Waals surface area contributed by atoms with E-state index in [9.17, 15) is 9.50 Å². The van der Waals surface area contributed by atoms with Gasteiger partial charge in [0.15, 0.2) is 5.60 Å². The van der Waals surface area contributed by atoms with E-state index in [1.165, 1.54) is 34.4 Å². The van der Waals surface area contributed by atoms with Crippen molar-refractivity contribution in [1.29, 1.82) is 0 Å². The van der Waals surface area contributed by atoms with Crippen molar-refractivity contribution in [2.24, 2.45) is 0 Å². The van der Waals surface area contributed by atoms with Crippen molar-refractivity contribution in [2.45, 2.75) is 43.8 Å². The number of aliphatic hydroxyl groups excluding tert-OH is 1. The van der Waals surface area contributed by atoms with Crippen LogP contribution in [0.1, 0.15) is 54.5 Å². The van der Waals surface area contributed by atoms with E-state index in [0.717, 1.165) is 76.3 Å². The summed E-state index contributed by atoms with van der Waals surface area (Å²) >= 11 is 0. The second-order valence-corrected chi connectivity index (χ2v) is 13.4. The third kappa shape index (κ3) is 4.45. The number of hydrogen-bond donors (Lipinski definition) is 1. The zero-order chi connectivity index (χ0) is 32.5. The lowest BCUT2D eigenvalue weighted by molar-refractivity contribution is 0.145. The Labute approximate surface area is 274 Å².